The van der Waals surface area contributed by atoms with Crippen molar-refractivity contribution in [1.29, 1.82) is 0 Å². The van der Waals surface area contributed by atoms with Crippen LogP contribution >= 0.6 is 0 Å². The molecule has 0 spiro atoms. The Bertz CT molecular complexity index is 390. The Hall–Kier alpha value is -2.10. The van der Waals surface area contributed by atoms with Gasteiger partial charge in [0.05, 0.1) is 0 Å². The van der Waals surface area contributed by atoms with E-state index in [0.717, 1.165) is 5.57 Å². The lowest BCUT2D eigenvalue weighted by Crippen LogP contribution is -2.22. The first-order valence-electron chi connectivity index (χ1n) is 5.47. The van der Waals surface area contributed by atoms with Crippen molar-refractivity contribution in [3.05, 3.63) is 48.2 Å². The minimum absolute atomic E-state index is 0.232. The van der Waals surface area contributed by atoms with Gasteiger partial charge in [0.1, 0.15) is 5.70 Å². The molecule has 2 N–H and O–H groups in total. The average Bonchev–Trinajstić information content (AvgIpc) is 2.65. The van der Waals surface area contributed by atoms with Crippen LogP contribution in [0, 0.1) is 0 Å². The monoisotopic (exact) mass is 234 g/mol. The van der Waals surface area contributed by atoms with Crippen LogP contribution in [0.1, 0.15) is 20.8 Å². The third-order valence-electron chi connectivity index (χ3n) is 1.75. The summed E-state index contributed by atoms with van der Waals surface area (Å²) in [6, 6.07) is -0.499. The van der Waals surface area contributed by atoms with Gasteiger partial charge in [0.25, 0.3) is 5.91 Å². The van der Waals surface area contributed by atoms with Gasteiger partial charge in [0.15, 0.2) is 0 Å². The van der Waals surface area contributed by atoms with E-state index in [0.29, 0.717) is 0 Å². The highest BCUT2D eigenvalue weighted by atomic mass is 16.2. The molecule has 1 heterocycles. The Balaban J connectivity index is 0.00000121. The molecule has 1 aliphatic rings. The molecule has 1 saturated heterocycles. The highest BCUT2D eigenvalue weighted by molar-refractivity contribution is 6.11. The number of rotatable bonds is 3. The molecule has 0 atom stereocenters. The van der Waals surface area contributed by atoms with Gasteiger partial charge in [-0.3, -0.25) is 10.1 Å². The van der Waals surface area contributed by atoms with Crippen molar-refractivity contribution in [1.82, 2.24) is 10.6 Å². The Labute approximate surface area is 102 Å². The van der Waals surface area contributed by atoms with Crippen molar-refractivity contribution in [2.24, 2.45) is 0 Å². The summed E-state index contributed by atoms with van der Waals surface area (Å²) < 4.78 is 0. The first-order chi connectivity index (χ1) is 8.17. The predicted molar refractivity (Wildman–Crippen MR) is 69.2 cm³/mol. The first kappa shape index (κ1) is 14.9. The van der Waals surface area contributed by atoms with Crippen LogP contribution in [0.4, 0.5) is 4.79 Å². The number of nitrogens with one attached hydrogen (secondary N) is 2. The number of carbonyl (C=O) groups excluding carboxylic acids is 2. The van der Waals surface area contributed by atoms with Crippen molar-refractivity contribution in [3.8, 4) is 0 Å². The van der Waals surface area contributed by atoms with Crippen molar-refractivity contribution in [2.75, 3.05) is 0 Å². The van der Waals surface area contributed by atoms with Crippen LogP contribution in [0.3, 0.4) is 0 Å². The zero-order valence-electron chi connectivity index (χ0n) is 10.4. The lowest BCUT2D eigenvalue weighted by molar-refractivity contribution is -0.115. The summed E-state index contributed by atoms with van der Waals surface area (Å²) >= 11 is 0. The second kappa shape index (κ2) is 8.10. The number of carbonyl (C=O) groups is 2. The summed E-state index contributed by atoms with van der Waals surface area (Å²) in [5.41, 5.74) is 0.983. The highest BCUT2D eigenvalue weighted by Gasteiger charge is 2.22. The third kappa shape index (κ3) is 4.97. The van der Waals surface area contributed by atoms with E-state index in [4.69, 9.17) is 0 Å². The number of imide groups is 1. The van der Waals surface area contributed by atoms with Crippen LogP contribution in [-0.2, 0) is 4.79 Å². The van der Waals surface area contributed by atoms with Gasteiger partial charge in [-0.2, -0.15) is 0 Å². The van der Waals surface area contributed by atoms with Crippen molar-refractivity contribution < 1.29 is 9.59 Å². The van der Waals surface area contributed by atoms with Crippen LogP contribution in [0.15, 0.2) is 48.2 Å². The van der Waals surface area contributed by atoms with Crippen molar-refractivity contribution in [3.63, 3.8) is 0 Å². The molecular weight excluding hydrogens is 216 g/mol. The molecule has 0 aromatic rings. The molecule has 0 aliphatic carbocycles. The number of hydrogen-bond donors (Lipinski definition) is 2. The predicted octanol–water partition coefficient (Wildman–Crippen LogP) is 2.42. The highest BCUT2D eigenvalue weighted by Crippen LogP contribution is 2.05. The zero-order chi connectivity index (χ0) is 13.3. The van der Waals surface area contributed by atoms with E-state index in [9.17, 15) is 9.59 Å². The van der Waals surface area contributed by atoms with Crippen LogP contribution in [0.5, 0.6) is 0 Å². The molecule has 0 bridgehead atoms. The summed E-state index contributed by atoms with van der Waals surface area (Å²) in [5.74, 6) is -0.423. The van der Waals surface area contributed by atoms with Gasteiger partial charge in [0, 0.05) is 0 Å². The minimum atomic E-state index is -0.499. The fourth-order valence-corrected chi connectivity index (χ4v) is 1.03. The molecule has 4 heteroatoms. The number of allylic oxidation sites excluding steroid dienone is 6. The Morgan fingerprint density at radius 2 is 1.88 bits per heavy atom. The summed E-state index contributed by atoms with van der Waals surface area (Å²) in [5, 5.41) is 4.51. The largest absolute Gasteiger partial charge is 0.326 e. The second-order valence-electron chi connectivity index (χ2n) is 2.86. The van der Waals surface area contributed by atoms with Gasteiger partial charge in [-0.05, 0) is 18.6 Å². The van der Waals surface area contributed by atoms with E-state index >= 15 is 0 Å². The van der Waals surface area contributed by atoms with Crippen molar-refractivity contribution in [2.45, 2.75) is 20.8 Å². The normalized spacial score (nSPS) is 17.6. The van der Waals surface area contributed by atoms with E-state index in [-0.39, 0.29) is 5.70 Å². The van der Waals surface area contributed by atoms with Gasteiger partial charge < -0.3 is 5.32 Å². The van der Waals surface area contributed by atoms with Crippen molar-refractivity contribution >= 4 is 11.9 Å². The maximum Gasteiger partial charge on any atom is 0.326 e. The lowest BCUT2D eigenvalue weighted by Gasteiger charge is -1.94. The second-order valence-corrected chi connectivity index (χ2v) is 2.86. The molecule has 1 fully saturated rings. The Morgan fingerprint density at radius 3 is 2.29 bits per heavy atom. The SMILES string of the molecule is C=CC(=C\C=C/C)/C=C1/NC(=O)NC1=O.CC. The van der Waals surface area contributed by atoms with E-state index in [1.54, 1.807) is 18.2 Å². The quantitative estimate of drug-likeness (QED) is 0.447. The van der Waals surface area contributed by atoms with Gasteiger partial charge in [0.2, 0.25) is 0 Å². The summed E-state index contributed by atoms with van der Waals surface area (Å²) in [7, 11) is 0. The molecule has 1 rings (SSSR count). The number of amides is 3. The average molecular weight is 234 g/mol. The molecule has 0 aromatic heterocycles. The molecule has 0 saturated carbocycles. The van der Waals surface area contributed by atoms with Gasteiger partial charge >= 0.3 is 6.03 Å². The molecule has 4 nitrogen and oxygen atoms in total. The van der Waals surface area contributed by atoms with E-state index < -0.39 is 11.9 Å². The number of hydrogen-bond acceptors (Lipinski definition) is 2. The zero-order valence-corrected chi connectivity index (χ0v) is 10.4. The molecule has 0 aromatic carbocycles. The topological polar surface area (TPSA) is 58.2 Å². The fourth-order valence-electron chi connectivity index (χ4n) is 1.03. The van der Waals surface area contributed by atoms with Gasteiger partial charge in [-0.1, -0.05) is 44.7 Å². The van der Waals surface area contributed by atoms with E-state index in [2.05, 4.69) is 17.2 Å². The molecule has 17 heavy (non-hydrogen) atoms. The Morgan fingerprint density at radius 1 is 1.24 bits per heavy atom. The lowest BCUT2D eigenvalue weighted by atomic mass is 10.2. The maximum atomic E-state index is 11.2. The van der Waals surface area contributed by atoms with Gasteiger partial charge in [-0.15, -0.1) is 0 Å². The van der Waals surface area contributed by atoms with Crippen LogP contribution in [0.2, 0.25) is 0 Å². The molecule has 0 radical (unpaired) electrons. The van der Waals surface area contributed by atoms with Crippen LogP contribution in [0.25, 0.3) is 0 Å². The molecular formula is C13H18N2O2. The third-order valence-corrected chi connectivity index (χ3v) is 1.75. The smallest absolute Gasteiger partial charge is 0.303 e. The maximum absolute atomic E-state index is 11.2. The fraction of sp³-hybridized carbons (Fsp3) is 0.231. The molecule has 0 unspecified atom stereocenters. The van der Waals surface area contributed by atoms with Gasteiger partial charge in [-0.25, -0.2) is 4.79 Å². The Kier molecular flexibility index (Phi) is 7.10. The van der Waals surface area contributed by atoms with Crippen LogP contribution in [-0.4, -0.2) is 11.9 Å². The molecule has 92 valence electrons. The standard InChI is InChI=1S/C11H12N2O2.C2H6/c1-3-5-6-8(4-2)7-9-10(14)13-11(15)12-9;1-2/h3-7H,2H2,1H3,(H2,12,13,14,15);1-2H3/b5-3-,8-6+,9-7+;. The molecule has 3 amide bonds. The van der Waals surface area contributed by atoms with E-state index in [1.807, 2.05) is 32.9 Å². The summed E-state index contributed by atoms with van der Waals surface area (Å²) in [6.45, 7) is 9.49. The van der Waals surface area contributed by atoms with Crippen LogP contribution < -0.4 is 10.6 Å². The summed E-state index contributed by atoms with van der Waals surface area (Å²) in [6.07, 6.45) is 8.63. The first-order valence-corrected chi connectivity index (χ1v) is 5.47. The molecule has 1 aliphatic heterocycles. The number of urea groups is 1. The minimum Gasteiger partial charge on any atom is -0.303 e. The van der Waals surface area contributed by atoms with E-state index in [1.165, 1.54) is 0 Å². The summed E-state index contributed by atoms with van der Waals surface area (Å²) in [4.78, 5) is 22.0.